The Morgan fingerprint density at radius 3 is 2.63 bits per heavy atom. The molecular weight excluding hydrogens is 282 g/mol. The van der Waals surface area contributed by atoms with Crippen molar-refractivity contribution in [1.82, 2.24) is 9.62 Å². The predicted molar refractivity (Wildman–Crippen MR) is 75.5 cm³/mol. The van der Waals surface area contributed by atoms with Crippen molar-refractivity contribution in [2.75, 3.05) is 19.6 Å². The Hall–Kier alpha value is -0.470. The summed E-state index contributed by atoms with van der Waals surface area (Å²) >= 11 is 1.26. The van der Waals surface area contributed by atoms with Crippen LogP contribution in [0.15, 0.2) is 16.3 Å². The number of thiophene rings is 1. The van der Waals surface area contributed by atoms with Gasteiger partial charge < -0.3 is 10.6 Å². The third kappa shape index (κ3) is 2.71. The lowest BCUT2D eigenvalue weighted by molar-refractivity contribution is 0.0827. The maximum absolute atomic E-state index is 12.3. The van der Waals surface area contributed by atoms with Gasteiger partial charge in [-0.2, -0.15) is 0 Å². The number of fused-ring (bicyclic) bond motifs is 3. The summed E-state index contributed by atoms with van der Waals surface area (Å²) in [5.41, 5.74) is 5.53. The van der Waals surface area contributed by atoms with Crippen LogP contribution in [0, 0.1) is 5.92 Å². The highest BCUT2D eigenvalue weighted by Crippen LogP contribution is 2.29. The summed E-state index contributed by atoms with van der Waals surface area (Å²) in [5.74, 6) is 0.494. The van der Waals surface area contributed by atoms with E-state index >= 15 is 0 Å². The molecule has 3 aliphatic rings. The topological polar surface area (TPSA) is 75.4 Å². The van der Waals surface area contributed by atoms with E-state index in [0.29, 0.717) is 16.7 Å². The summed E-state index contributed by atoms with van der Waals surface area (Å²) in [7, 11) is -3.39. The average molecular weight is 301 g/mol. The number of nitrogens with one attached hydrogen (secondary N) is 1. The van der Waals surface area contributed by atoms with E-state index in [2.05, 4.69) is 9.62 Å². The molecule has 0 saturated carbocycles. The van der Waals surface area contributed by atoms with Gasteiger partial charge in [0.2, 0.25) is 10.0 Å². The van der Waals surface area contributed by atoms with Gasteiger partial charge in [-0.1, -0.05) is 0 Å². The zero-order chi connectivity index (χ0) is 13.5. The second kappa shape index (κ2) is 5.14. The van der Waals surface area contributed by atoms with Crippen LogP contribution in [0.4, 0.5) is 0 Å². The van der Waals surface area contributed by atoms with Gasteiger partial charge in [-0.15, -0.1) is 11.3 Å². The van der Waals surface area contributed by atoms with Crippen LogP contribution >= 0.6 is 11.3 Å². The van der Waals surface area contributed by atoms with Crippen LogP contribution in [0.25, 0.3) is 0 Å². The summed E-state index contributed by atoms with van der Waals surface area (Å²) in [6, 6.07) is 3.50. The number of rotatable bonds is 4. The molecule has 0 spiro atoms. The zero-order valence-corrected chi connectivity index (χ0v) is 12.3. The molecule has 0 amide bonds. The van der Waals surface area contributed by atoms with E-state index in [0.717, 1.165) is 37.4 Å². The summed E-state index contributed by atoms with van der Waals surface area (Å²) in [5, 5.41) is 0. The molecule has 0 radical (unpaired) electrons. The number of hydrogen-bond acceptors (Lipinski definition) is 5. The van der Waals surface area contributed by atoms with Gasteiger partial charge in [0, 0.05) is 24.0 Å². The highest BCUT2D eigenvalue weighted by molar-refractivity contribution is 7.91. The van der Waals surface area contributed by atoms with E-state index < -0.39 is 10.0 Å². The lowest BCUT2D eigenvalue weighted by Gasteiger charge is -2.44. The van der Waals surface area contributed by atoms with Crippen LogP contribution in [-0.2, 0) is 16.6 Å². The molecule has 4 heterocycles. The van der Waals surface area contributed by atoms with Gasteiger partial charge in [0.1, 0.15) is 4.21 Å². The standard InChI is InChI=1S/C12H19N3O2S2/c13-7-10-1-2-12(18-10)19(16,17)14-11-8-15-5-3-9(11)4-6-15/h1-2,9,11,14H,3-8,13H2. The third-order valence-electron chi connectivity index (χ3n) is 4.07. The highest BCUT2D eigenvalue weighted by Gasteiger charge is 2.36. The SMILES string of the molecule is NCc1ccc(S(=O)(=O)NC2CN3CCC2CC3)s1. The van der Waals surface area contributed by atoms with Crippen molar-refractivity contribution in [2.24, 2.45) is 11.7 Å². The molecule has 1 unspecified atom stereocenters. The number of hydrogen-bond donors (Lipinski definition) is 2. The van der Waals surface area contributed by atoms with Crippen LogP contribution in [0.1, 0.15) is 17.7 Å². The first kappa shape index (κ1) is 13.5. The Kier molecular flexibility index (Phi) is 3.65. The Balaban J connectivity index is 1.74. The normalized spacial score (nSPS) is 30.7. The molecule has 7 heteroatoms. The third-order valence-corrected chi connectivity index (χ3v) is 7.16. The fourth-order valence-electron chi connectivity index (χ4n) is 2.97. The van der Waals surface area contributed by atoms with E-state index in [-0.39, 0.29) is 6.04 Å². The molecule has 3 aliphatic heterocycles. The maximum atomic E-state index is 12.3. The molecule has 0 aromatic carbocycles. The minimum Gasteiger partial charge on any atom is -0.326 e. The second-order valence-electron chi connectivity index (χ2n) is 5.29. The van der Waals surface area contributed by atoms with E-state index in [4.69, 9.17) is 5.73 Å². The molecule has 1 atom stereocenters. The van der Waals surface area contributed by atoms with Gasteiger partial charge >= 0.3 is 0 Å². The molecule has 5 nitrogen and oxygen atoms in total. The van der Waals surface area contributed by atoms with Crippen molar-refractivity contribution < 1.29 is 8.42 Å². The van der Waals surface area contributed by atoms with Crippen molar-refractivity contribution in [3.63, 3.8) is 0 Å². The summed E-state index contributed by atoms with van der Waals surface area (Å²) < 4.78 is 28.0. The van der Waals surface area contributed by atoms with Gasteiger partial charge in [0.05, 0.1) is 0 Å². The first-order valence-corrected chi connectivity index (χ1v) is 8.92. The molecule has 3 saturated heterocycles. The molecular formula is C12H19N3O2S2. The number of nitrogens with zero attached hydrogens (tertiary/aromatic N) is 1. The first-order valence-electron chi connectivity index (χ1n) is 6.62. The molecule has 4 rings (SSSR count). The molecule has 0 aliphatic carbocycles. The van der Waals surface area contributed by atoms with Gasteiger partial charge in [-0.25, -0.2) is 13.1 Å². The molecule has 1 aromatic heterocycles. The largest absolute Gasteiger partial charge is 0.326 e. The molecule has 3 fully saturated rings. The van der Waals surface area contributed by atoms with E-state index in [1.54, 1.807) is 12.1 Å². The predicted octanol–water partition coefficient (Wildman–Crippen LogP) is 0.579. The molecule has 2 bridgehead atoms. The number of nitrogens with two attached hydrogens (primary N) is 1. The molecule has 106 valence electrons. The number of sulfonamides is 1. The van der Waals surface area contributed by atoms with E-state index in [1.807, 2.05) is 0 Å². The van der Waals surface area contributed by atoms with E-state index in [1.165, 1.54) is 11.3 Å². The van der Waals surface area contributed by atoms with Crippen LogP contribution in [0.3, 0.4) is 0 Å². The average Bonchev–Trinajstić information content (AvgIpc) is 2.89. The van der Waals surface area contributed by atoms with E-state index in [9.17, 15) is 8.42 Å². The quantitative estimate of drug-likeness (QED) is 0.853. The Morgan fingerprint density at radius 2 is 2.11 bits per heavy atom. The van der Waals surface area contributed by atoms with Crippen molar-refractivity contribution >= 4 is 21.4 Å². The van der Waals surface area contributed by atoms with Gasteiger partial charge in [-0.05, 0) is 44.0 Å². The van der Waals surface area contributed by atoms with Gasteiger partial charge in [0.15, 0.2) is 0 Å². The lowest BCUT2D eigenvalue weighted by Crippen LogP contribution is -2.57. The van der Waals surface area contributed by atoms with Crippen molar-refractivity contribution in [1.29, 1.82) is 0 Å². The summed E-state index contributed by atoms with van der Waals surface area (Å²) in [6.45, 7) is 3.46. The molecule has 19 heavy (non-hydrogen) atoms. The minimum absolute atomic E-state index is 0.0657. The fraction of sp³-hybridized carbons (Fsp3) is 0.667. The maximum Gasteiger partial charge on any atom is 0.250 e. The zero-order valence-electron chi connectivity index (χ0n) is 10.7. The monoisotopic (exact) mass is 301 g/mol. The van der Waals surface area contributed by atoms with Crippen LogP contribution in [0.2, 0.25) is 0 Å². The highest BCUT2D eigenvalue weighted by atomic mass is 32.2. The van der Waals surface area contributed by atoms with Crippen LogP contribution in [0.5, 0.6) is 0 Å². The minimum atomic E-state index is -3.39. The summed E-state index contributed by atoms with van der Waals surface area (Å²) in [4.78, 5) is 3.24. The Bertz CT molecular complexity index is 547. The van der Waals surface area contributed by atoms with Crippen molar-refractivity contribution in [3.8, 4) is 0 Å². The molecule has 1 aromatic rings. The number of piperidine rings is 3. The smallest absolute Gasteiger partial charge is 0.250 e. The second-order valence-corrected chi connectivity index (χ2v) is 8.40. The lowest BCUT2D eigenvalue weighted by atomic mass is 9.85. The first-order chi connectivity index (χ1) is 9.08. The Labute approximate surface area is 117 Å². The van der Waals surface area contributed by atoms with Crippen molar-refractivity contribution in [3.05, 3.63) is 17.0 Å². The van der Waals surface area contributed by atoms with Gasteiger partial charge in [-0.3, -0.25) is 0 Å². The van der Waals surface area contributed by atoms with Crippen LogP contribution < -0.4 is 10.5 Å². The Morgan fingerprint density at radius 1 is 1.37 bits per heavy atom. The van der Waals surface area contributed by atoms with Gasteiger partial charge in [0.25, 0.3) is 0 Å². The summed E-state index contributed by atoms with van der Waals surface area (Å²) in [6.07, 6.45) is 2.21. The molecule has 3 N–H and O–H groups in total. The fourth-order valence-corrected chi connectivity index (χ4v) is 5.52. The van der Waals surface area contributed by atoms with Crippen LogP contribution in [-0.4, -0.2) is 39.0 Å². The van der Waals surface area contributed by atoms with Crippen molar-refractivity contribution in [2.45, 2.75) is 29.6 Å².